The quantitative estimate of drug-likeness (QED) is 0.815. The fraction of sp³-hybridized carbons (Fsp3) is 0.391. The number of ether oxygens (including phenoxy) is 1. The van der Waals surface area contributed by atoms with E-state index in [1.54, 1.807) is 18.1 Å². The van der Waals surface area contributed by atoms with Gasteiger partial charge in [0.1, 0.15) is 5.75 Å². The number of amides is 3. The zero-order valence-corrected chi connectivity index (χ0v) is 16.6. The van der Waals surface area contributed by atoms with Gasteiger partial charge in [-0.05, 0) is 37.0 Å². The Hall–Kier alpha value is -3.02. The van der Waals surface area contributed by atoms with Crippen LogP contribution in [0, 0.1) is 5.92 Å². The van der Waals surface area contributed by atoms with Crippen LogP contribution >= 0.6 is 0 Å². The zero-order valence-electron chi connectivity index (χ0n) is 16.6. The first-order valence-electron chi connectivity index (χ1n) is 10.2. The third kappa shape index (κ3) is 4.88. The summed E-state index contributed by atoms with van der Waals surface area (Å²) < 4.78 is 5.23. The van der Waals surface area contributed by atoms with E-state index in [0.29, 0.717) is 30.6 Å². The van der Waals surface area contributed by atoms with Gasteiger partial charge in [-0.2, -0.15) is 0 Å². The average Bonchev–Trinajstić information content (AvgIpc) is 3.58. The summed E-state index contributed by atoms with van der Waals surface area (Å²) in [5.74, 6) is 0.680. The molecule has 2 aliphatic rings. The fourth-order valence-corrected chi connectivity index (χ4v) is 3.87. The Labute approximate surface area is 171 Å². The van der Waals surface area contributed by atoms with Gasteiger partial charge in [0.05, 0.1) is 13.0 Å². The van der Waals surface area contributed by atoms with Gasteiger partial charge in [-0.15, -0.1) is 0 Å². The smallest absolute Gasteiger partial charge is 0.321 e. The van der Waals surface area contributed by atoms with Crippen LogP contribution in [-0.2, 0) is 4.79 Å². The highest BCUT2D eigenvalue weighted by atomic mass is 16.5. The van der Waals surface area contributed by atoms with E-state index >= 15 is 0 Å². The largest absolute Gasteiger partial charge is 0.497 e. The van der Waals surface area contributed by atoms with Gasteiger partial charge in [-0.3, -0.25) is 4.79 Å². The molecule has 0 bridgehead atoms. The van der Waals surface area contributed by atoms with Gasteiger partial charge in [0, 0.05) is 36.8 Å². The van der Waals surface area contributed by atoms with Crippen LogP contribution < -0.4 is 15.4 Å². The minimum atomic E-state index is -0.203. The molecule has 2 unspecified atom stereocenters. The topological polar surface area (TPSA) is 70.7 Å². The molecule has 1 aliphatic heterocycles. The van der Waals surface area contributed by atoms with E-state index < -0.39 is 0 Å². The lowest BCUT2D eigenvalue weighted by Gasteiger charge is -2.37. The van der Waals surface area contributed by atoms with Gasteiger partial charge in [0.2, 0.25) is 5.91 Å². The summed E-state index contributed by atoms with van der Waals surface area (Å²) in [5.41, 5.74) is 1.84. The van der Waals surface area contributed by atoms with Crippen LogP contribution in [0.1, 0.15) is 30.7 Å². The van der Waals surface area contributed by atoms with E-state index in [2.05, 4.69) is 22.8 Å². The highest BCUT2D eigenvalue weighted by molar-refractivity contribution is 5.90. The van der Waals surface area contributed by atoms with E-state index in [-0.39, 0.29) is 23.8 Å². The van der Waals surface area contributed by atoms with Crippen LogP contribution in [0.5, 0.6) is 5.75 Å². The summed E-state index contributed by atoms with van der Waals surface area (Å²) >= 11 is 0. The number of piperidine rings is 1. The molecule has 0 aromatic heterocycles. The molecule has 1 aliphatic carbocycles. The summed E-state index contributed by atoms with van der Waals surface area (Å²) in [6.07, 6.45) is 2.87. The fourth-order valence-electron chi connectivity index (χ4n) is 3.87. The Balaban J connectivity index is 1.50. The Kier molecular flexibility index (Phi) is 5.69. The highest BCUT2D eigenvalue weighted by Crippen LogP contribution is 2.32. The lowest BCUT2D eigenvalue weighted by atomic mass is 9.84. The number of hydrogen-bond donors (Lipinski definition) is 2. The molecular formula is C23H27N3O3. The van der Waals surface area contributed by atoms with Crippen LogP contribution in [0.2, 0.25) is 0 Å². The predicted octanol–water partition coefficient (Wildman–Crippen LogP) is 3.61. The maximum atomic E-state index is 13.0. The summed E-state index contributed by atoms with van der Waals surface area (Å²) in [4.78, 5) is 27.5. The van der Waals surface area contributed by atoms with Crippen molar-refractivity contribution >= 4 is 17.6 Å². The number of benzene rings is 2. The molecule has 152 valence electrons. The van der Waals surface area contributed by atoms with Crippen molar-refractivity contribution in [3.05, 3.63) is 60.2 Å². The molecule has 2 N–H and O–H groups in total. The number of hydrogen-bond acceptors (Lipinski definition) is 3. The lowest BCUT2D eigenvalue weighted by molar-refractivity contribution is -0.126. The van der Waals surface area contributed by atoms with E-state index in [1.807, 2.05) is 36.4 Å². The molecule has 2 aromatic rings. The van der Waals surface area contributed by atoms with Gasteiger partial charge in [0.25, 0.3) is 0 Å². The predicted molar refractivity (Wildman–Crippen MR) is 112 cm³/mol. The van der Waals surface area contributed by atoms with E-state index in [9.17, 15) is 9.59 Å². The van der Waals surface area contributed by atoms with Crippen molar-refractivity contribution in [2.45, 2.75) is 31.2 Å². The highest BCUT2D eigenvalue weighted by Gasteiger charge is 2.36. The van der Waals surface area contributed by atoms with Crippen LogP contribution in [0.15, 0.2) is 54.6 Å². The molecule has 3 amide bonds. The number of nitrogens with zero attached hydrogens (tertiary/aromatic N) is 1. The summed E-state index contributed by atoms with van der Waals surface area (Å²) in [7, 11) is 1.60. The van der Waals surface area contributed by atoms with Gasteiger partial charge < -0.3 is 20.3 Å². The van der Waals surface area contributed by atoms with E-state index in [0.717, 1.165) is 24.8 Å². The average molecular weight is 393 g/mol. The van der Waals surface area contributed by atoms with Crippen molar-refractivity contribution in [2.24, 2.45) is 5.92 Å². The number of likely N-dealkylation sites (tertiary alicyclic amines) is 1. The van der Waals surface area contributed by atoms with Crippen molar-refractivity contribution in [1.29, 1.82) is 0 Å². The van der Waals surface area contributed by atoms with Crippen molar-refractivity contribution < 1.29 is 14.3 Å². The number of carbonyl (C=O) groups is 2. The summed E-state index contributed by atoms with van der Waals surface area (Å²) in [6, 6.07) is 17.5. The third-order valence-electron chi connectivity index (χ3n) is 5.62. The second kappa shape index (κ2) is 8.55. The minimum absolute atomic E-state index is 0.0623. The Morgan fingerprint density at radius 3 is 2.55 bits per heavy atom. The standard InChI is InChI=1S/C23H27N3O3/c1-29-21-9-5-8-20(13-21)25-23(28)26-14-17(16-6-3-2-4-7-16)12-18(15-26)22(27)24-19-10-11-19/h2-9,13,17-19H,10-12,14-15H2,1H3,(H,24,27)(H,25,28). The summed E-state index contributed by atoms with van der Waals surface area (Å²) in [5, 5.41) is 6.05. The van der Waals surface area contributed by atoms with Crippen LogP contribution in [0.25, 0.3) is 0 Å². The zero-order chi connectivity index (χ0) is 20.2. The first-order valence-corrected chi connectivity index (χ1v) is 10.2. The van der Waals surface area contributed by atoms with Gasteiger partial charge in [-0.1, -0.05) is 36.4 Å². The molecule has 4 rings (SSSR count). The second-order valence-electron chi connectivity index (χ2n) is 7.89. The molecule has 2 aromatic carbocycles. The molecule has 0 radical (unpaired) electrons. The molecule has 0 spiro atoms. The number of anilines is 1. The monoisotopic (exact) mass is 393 g/mol. The molecule has 2 atom stereocenters. The Morgan fingerprint density at radius 1 is 1.03 bits per heavy atom. The number of nitrogens with one attached hydrogen (secondary N) is 2. The second-order valence-corrected chi connectivity index (χ2v) is 7.89. The van der Waals surface area contributed by atoms with Crippen molar-refractivity contribution in [3.8, 4) is 5.75 Å². The van der Waals surface area contributed by atoms with Gasteiger partial charge >= 0.3 is 6.03 Å². The first-order chi connectivity index (χ1) is 14.1. The first kappa shape index (κ1) is 19.3. The van der Waals surface area contributed by atoms with Crippen molar-refractivity contribution in [1.82, 2.24) is 10.2 Å². The number of methoxy groups -OCH3 is 1. The molecule has 6 heteroatoms. The van der Waals surface area contributed by atoms with Crippen molar-refractivity contribution in [3.63, 3.8) is 0 Å². The Morgan fingerprint density at radius 2 is 1.83 bits per heavy atom. The molecule has 6 nitrogen and oxygen atoms in total. The maximum Gasteiger partial charge on any atom is 0.321 e. The van der Waals surface area contributed by atoms with Gasteiger partial charge in [0.15, 0.2) is 0 Å². The molecule has 2 fully saturated rings. The van der Waals surface area contributed by atoms with Crippen molar-refractivity contribution in [2.75, 3.05) is 25.5 Å². The number of urea groups is 1. The van der Waals surface area contributed by atoms with Crippen LogP contribution in [0.3, 0.4) is 0 Å². The third-order valence-corrected chi connectivity index (χ3v) is 5.62. The van der Waals surface area contributed by atoms with E-state index in [1.165, 1.54) is 0 Å². The minimum Gasteiger partial charge on any atom is -0.497 e. The maximum absolute atomic E-state index is 13.0. The van der Waals surface area contributed by atoms with Gasteiger partial charge in [-0.25, -0.2) is 4.79 Å². The Bertz CT molecular complexity index is 867. The lowest BCUT2D eigenvalue weighted by Crippen LogP contribution is -2.49. The normalized spacial score (nSPS) is 21.3. The van der Waals surface area contributed by atoms with Crippen LogP contribution in [0.4, 0.5) is 10.5 Å². The number of rotatable bonds is 5. The summed E-state index contributed by atoms with van der Waals surface area (Å²) in [6.45, 7) is 1.02. The molecule has 1 saturated carbocycles. The molecule has 1 heterocycles. The molecule has 29 heavy (non-hydrogen) atoms. The molecule has 1 saturated heterocycles. The van der Waals surface area contributed by atoms with E-state index in [4.69, 9.17) is 4.74 Å². The SMILES string of the molecule is COc1cccc(NC(=O)N2CC(C(=O)NC3CC3)CC(c3ccccc3)C2)c1. The number of carbonyl (C=O) groups excluding carboxylic acids is 2. The molecular weight excluding hydrogens is 366 g/mol. The van der Waals surface area contributed by atoms with Crippen LogP contribution in [-0.4, -0.2) is 43.1 Å².